The zero-order valence-corrected chi connectivity index (χ0v) is 15.6. The van der Waals surface area contributed by atoms with Gasteiger partial charge in [0.1, 0.15) is 0 Å². The quantitative estimate of drug-likeness (QED) is 0.524. The van der Waals surface area contributed by atoms with E-state index in [1.54, 1.807) is 48.5 Å². The number of sulfonamides is 1. The molecule has 1 N–H and O–H groups in total. The number of hydrogen-bond donors (Lipinski definition) is 1. The molecule has 0 aliphatic rings. The molecule has 0 bridgehead atoms. The van der Waals surface area contributed by atoms with Crippen LogP contribution in [0.3, 0.4) is 0 Å². The van der Waals surface area contributed by atoms with E-state index in [4.69, 9.17) is 11.6 Å². The van der Waals surface area contributed by atoms with Crippen molar-refractivity contribution in [2.24, 2.45) is 5.10 Å². The third kappa shape index (κ3) is 4.31. The van der Waals surface area contributed by atoms with Crippen LogP contribution in [0.15, 0.2) is 88.9 Å². The minimum Gasteiger partial charge on any atom is -0.200 e. The van der Waals surface area contributed by atoms with E-state index >= 15 is 0 Å². The molecule has 0 unspecified atom stereocenters. The second-order valence-corrected chi connectivity index (χ2v) is 7.84. The van der Waals surface area contributed by atoms with E-state index in [1.165, 1.54) is 0 Å². The Morgan fingerprint density at radius 3 is 2.04 bits per heavy atom. The molecule has 26 heavy (non-hydrogen) atoms. The molecule has 4 nitrogen and oxygen atoms in total. The van der Waals surface area contributed by atoms with Crippen LogP contribution in [-0.2, 0) is 10.0 Å². The number of nitrogens with one attached hydrogen (secondary N) is 1. The van der Waals surface area contributed by atoms with Gasteiger partial charge in [0.15, 0.2) is 0 Å². The average Bonchev–Trinajstić information content (AvgIpc) is 2.64. The summed E-state index contributed by atoms with van der Waals surface area (Å²) in [6.45, 7) is 1.90. The van der Waals surface area contributed by atoms with Gasteiger partial charge in [0.05, 0.1) is 10.6 Å². The van der Waals surface area contributed by atoms with Crippen molar-refractivity contribution >= 4 is 27.3 Å². The molecule has 0 atom stereocenters. The number of nitrogens with zero attached hydrogens (tertiary/aromatic N) is 1. The Bertz CT molecular complexity index is 1010. The maximum absolute atomic E-state index is 12.5. The van der Waals surface area contributed by atoms with E-state index in [0.717, 1.165) is 16.7 Å². The number of hydrogen-bond acceptors (Lipinski definition) is 3. The lowest BCUT2D eigenvalue weighted by atomic mass is 10.0. The van der Waals surface area contributed by atoms with Gasteiger partial charge in [0.2, 0.25) is 0 Å². The molecule has 0 amide bonds. The van der Waals surface area contributed by atoms with Crippen LogP contribution in [0.4, 0.5) is 0 Å². The predicted octanol–water partition coefficient (Wildman–Crippen LogP) is 4.38. The van der Waals surface area contributed by atoms with Crippen molar-refractivity contribution in [1.29, 1.82) is 0 Å². The minimum atomic E-state index is -3.76. The number of rotatable bonds is 5. The van der Waals surface area contributed by atoms with Crippen molar-refractivity contribution in [2.45, 2.75) is 11.8 Å². The molecule has 0 saturated heterocycles. The van der Waals surface area contributed by atoms with Crippen molar-refractivity contribution in [3.8, 4) is 0 Å². The number of hydrazone groups is 1. The Hall–Kier alpha value is -2.63. The second-order valence-electron chi connectivity index (χ2n) is 5.74. The monoisotopic (exact) mass is 384 g/mol. The first-order valence-corrected chi connectivity index (χ1v) is 9.79. The molecule has 132 valence electrons. The molecule has 0 saturated carbocycles. The SMILES string of the molecule is Cc1ccc(S(=O)(=O)N/N=C(/c2ccccc2)c2ccc(Cl)cc2)cc1. The van der Waals surface area contributed by atoms with Crippen molar-refractivity contribution in [3.05, 3.63) is 101 Å². The summed E-state index contributed by atoms with van der Waals surface area (Å²) in [6.07, 6.45) is 0. The van der Waals surface area contributed by atoms with Crippen LogP contribution in [0.5, 0.6) is 0 Å². The number of aryl methyl sites for hydroxylation is 1. The normalized spacial score (nSPS) is 12.0. The average molecular weight is 385 g/mol. The van der Waals surface area contributed by atoms with Gasteiger partial charge < -0.3 is 0 Å². The maximum atomic E-state index is 12.5. The van der Waals surface area contributed by atoms with E-state index in [9.17, 15) is 8.42 Å². The molecule has 0 heterocycles. The molecule has 3 aromatic carbocycles. The molecular formula is C20H17ClN2O2S. The fraction of sp³-hybridized carbons (Fsp3) is 0.0500. The van der Waals surface area contributed by atoms with Gasteiger partial charge in [0.25, 0.3) is 10.0 Å². The summed E-state index contributed by atoms with van der Waals surface area (Å²) in [4.78, 5) is 2.50. The van der Waals surface area contributed by atoms with Gasteiger partial charge in [0, 0.05) is 16.1 Å². The Morgan fingerprint density at radius 1 is 0.846 bits per heavy atom. The van der Waals surface area contributed by atoms with Crippen molar-refractivity contribution in [3.63, 3.8) is 0 Å². The summed E-state index contributed by atoms with van der Waals surface area (Å²) in [5.41, 5.74) is 3.05. The first kappa shape index (κ1) is 18.2. The highest BCUT2D eigenvalue weighted by atomic mass is 35.5. The number of benzene rings is 3. The van der Waals surface area contributed by atoms with E-state index < -0.39 is 10.0 Å². The first-order chi connectivity index (χ1) is 12.5. The number of halogens is 1. The Balaban J connectivity index is 1.99. The lowest BCUT2D eigenvalue weighted by Crippen LogP contribution is -2.21. The Morgan fingerprint density at radius 2 is 1.42 bits per heavy atom. The fourth-order valence-corrected chi connectivity index (χ4v) is 3.31. The molecule has 3 rings (SSSR count). The molecule has 0 radical (unpaired) electrons. The zero-order valence-electron chi connectivity index (χ0n) is 14.1. The fourth-order valence-electron chi connectivity index (χ4n) is 2.38. The standard InChI is InChI=1S/C20H17ClN2O2S/c1-15-7-13-19(14-8-15)26(24,25)23-22-20(16-5-3-2-4-6-16)17-9-11-18(21)12-10-17/h2-14,23H,1H3/b22-20-. The van der Waals surface area contributed by atoms with Gasteiger partial charge in [-0.25, -0.2) is 0 Å². The molecule has 0 spiro atoms. The van der Waals surface area contributed by atoms with Crippen LogP contribution in [0.25, 0.3) is 0 Å². The Labute approximate surface area is 158 Å². The minimum absolute atomic E-state index is 0.162. The van der Waals surface area contributed by atoms with E-state index in [1.807, 2.05) is 37.3 Å². The first-order valence-electron chi connectivity index (χ1n) is 7.93. The van der Waals surface area contributed by atoms with Crippen molar-refractivity contribution in [2.75, 3.05) is 0 Å². The highest BCUT2D eigenvalue weighted by Gasteiger charge is 2.14. The molecule has 0 fully saturated rings. The smallest absolute Gasteiger partial charge is 0.200 e. The molecule has 0 aliphatic carbocycles. The molecular weight excluding hydrogens is 368 g/mol. The van der Waals surface area contributed by atoms with Gasteiger partial charge >= 0.3 is 0 Å². The summed E-state index contributed by atoms with van der Waals surface area (Å²) in [5.74, 6) is 0. The summed E-state index contributed by atoms with van der Waals surface area (Å²) in [5, 5.41) is 4.80. The summed E-state index contributed by atoms with van der Waals surface area (Å²) in [7, 11) is -3.76. The maximum Gasteiger partial charge on any atom is 0.276 e. The predicted molar refractivity (Wildman–Crippen MR) is 105 cm³/mol. The van der Waals surface area contributed by atoms with E-state index in [0.29, 0.717) is 10.7 Å². The summed E-state index contributed by atoms with van der Waals surface area (Å²) >= 11 is 5.95. The Kier molecular flexibility index (Phi) is 5.40. The van der Waals surface area contributed by atoms with Gasteiger partial charge in [-0.05, 0) is 31.2 Å². The van der Waals surface area contributed by atoms with Crippen LogP contribution in [0, 0.1) is 6.92 Å². The lowest BCUT2D eigenvalue weighted by molar-refractivity contribution is 0.584. The van der Waals surface area contributed by atoms with Gasteiger partial charge in [-0.1, -0.05) is 71.8 Å². The second kappa shape index (κ2) is 7.72. The van der Waals surface area contributed by atoms with Crippen LogP contribution < -0.4 is 4.83 Å². The van der Waals surface area contributed by atoms with Gasteiger partial charge in [-0.15, -0.1) is 0 Å². The van der Waals surface area contributed by atoms with Crippen LogP contribution in [0.2, 0.25) is 5.02 Å². The van der Waals surface area contributed by atoms with Crippen LogP contribution in [-0.4, -0.2) is 14.1 Å². The lowest BCUT2D eigenvalue weighted by Gasteiger charge is -2.09. The van der Waals surface area contributed by atoms with Crippen LogP contribution >= 0.6 is 11.6 Å². The van der Waals surface area contributed by atoms with Gasteiger partial charge in [-0.2, -0.15) is 18.4 Å². The molecule has 3 aromatic rings. The largest absolute Gasteiger partial charge is 0.276 e. The van der Waals surface area contributed by atoms with E-state index in [-0.39, 0.29) is 4.90 Å². The summed E-state index contributed by atoms with van der Waals surface area (Å²) < 4.78 is 25.1. The van der Waals surface area contributed by atoms with E-state index in [2.05, 4.69) is 9.93 Å². The topological polar surface area (TPSA) is 58.5 Å². The summed E-state index contributed by atoms with van der Waals surface area (Å²) in [6, 6.07) is 23.0. The molecule has 6 heteroatoms. The van der Waals surface area contributed by atoms with Crippen LogP contribution in [0.1, 0.15) is 16.7 Å². The van der Waals surface area contributed by atoms with Gasteiger partial charge in [-0.3, -0.25) is 0 Å². The highest BCUT2D eigenvalue weighted by molar-refractivity contribution is 7.89. The zero-order chi connectivity index (χ0) is 18.6. The molecule has 0 aromatic heterocycles. The van der Waals surface area contributed by atoms with Crippen molar-refractivity contribution in [1.82, 2.24) is 4.83 Å². The highest BCUT2D eigenvalue weighted by Crippen LogP contribution is 2.16. The third-order valence-electron chi connectivity index (χ3n) is 3.77. The molecule has 0 aliphatic heterocycles. The third-order valence-corrected chi connectivity index (χ3v) is 5.25. The van der Waals surface area contributed by atoms with Crippen molar-refractivity contribution < 1.29 is 8.42 Å².